The maximum atomic E-state index is 11.4. The normalized spacial score (nSPS) is 11.5. The van der Waals surface area contributed by atoms with Crippen LogP contribution in [0, 0.1) is 0 Å². The van der Waals surface area contributed by atoms with Crippen LogP contribution in [0.15, 0.2) is 81.7 Å². The molecule has 0 radical (unpaired) electrons. The smallest absolute Gasteiger partial charge is 0.305 e. The fraction of sp³-hybridized carbons (Fsp3) is 0.136. The minimum Gasteiger partial charge on any atom is -0.481 e. The van der Waals surface area contributed by atoms with Gasteiger partial charge in [-0.1, -0.05) is 35.5 Å². The molecule has 0 aliphatic rings. The third-order valence-corrected chi connectivity index (χ3v) is 6.49. The molecule has 0 aliphatic heterocycles. The molecule has 3 rings (SSSR count). The lowest BCUT2D eigenvalue weighted by atomic mass is 10.0. The Kier molecular flexibility index (Phi) is 8.60. The van der Waals surface area contributed by atoms with Crippen molar-refractivity contribution in [1.82, 2.24) is 10.3 Å². The summed E-state index contributed by atoms with van der Waals surface area (Å²) in [5.74, 6) is -0.908. The van der Waals surface area contributed by atoms with Crippen molar-refractivity contribution in [3.05, 3.63) is 77.4 Å². The van der Waals surface area contributed by atoms with Crippen molar-refractivity contribution in [1.29, 1.82) is 0 Å². The molecular weight excluding hydrogens is 470 g/mol. The van der Waals surface area contributed by atoms with Crippen molar-refractivity contribution >= 4 is 64.1 Å². The van der Waals surface area contributed by atoms with E-state index in [4.69, 9.17) is 23.8 Å². The molecule has 0 aliphatic carbocycles. The summed E-state index contributed by atoms with van der Waals surface area (Å²) in [5, 5.41) is 17.4. The standard InChI is InChI=1S/C22H20ClN3O2S3/c1-30-16-8-4-14(5-9-16)19(13-20(27)28)26-22(29)25-18-3-2-12-24-21(18)31-17-10-6-15(23)7-11-17/h2-12,19H,13H2,1H3,(H,27,28)(H2,25,26,29)/t19-/m1/s1. The number of nitrogens with one attached hydrogen (secondary N) is 2. The monoisotopic (exact) mass is 489 g/mol. The van der Waals surface area contributed by atoms with Crippen LogP contribution in [0.25, 0.3) is 0 Å². The van der Waals surface area contributed by atoms with Crippen LogP contribution in [0.2, 0.25) is 5.02 Å². The number of aliphatic carboxylic acids is 1. The Labute approximate surface area is 200 Å². The summed E-state index contributed by atoms with van der Waals surface area (Å²) in [5.41, 5.74) is 1.58. The van der Waals surface area contributed by atoms with Gasteiger partial charge in [-0.05, 0) is 72.6 Å². The Morgan fingerprint density at radius 3 is 2.45 bits per heavy atom. The van der Waals surface area contributed by atoms with Crippen molar-refractivity contribution in [2.75, 3.05) is 11.6 Å². The number of aromatic nitrogens is 1. The van der Waals surface area contributed by atoms with Gasteiger partial charge in [0.05, 0.1) is 18.2 Å². The second-order valence-corrected chi connectivity index (χ2v) is 9.22. The Hall–Kier alpha value is -2.26. The number of halogens is 1. The van der Waals surface area contributed by atoms with Gasteiger partial charge in [-0.3, -0.25) is 4.79 Å². The van der Waals surface area contributed by atoms with Crippen LogP contribution in [0.3, 0.4) is 0 Å². The fourth-order valence-corrected chi connectivity index (χ4v) is 4.39. The zero-order chi connectivity index (χ0) is 22.2. The van der Waals surface area contributed by atoms with Gasteiger partial charge in [-0.25, -0.2) is 4.98 Å². The van der Waals surface area contributed by atoms with Crippen molar-refractivity contribution in [3.63, 3.8) is 0 Å². The first-order chi connectivity index (χ1) is 14.9. The van der Waals surface area contributed by atoms with Crippen LogP contribution in [-0.4, -0.2) is 27.4 Å². The first-order valence-electron chi connectivity index (χ1n) is 9.26. The third kappa shape index (κ3) is 7.14. The highest BCUT2D eigenvalue weighted by Gasteiger charge is 2.17. The predicted octanol–water partition coefficient (Wildman–Crippen LogP) is 6.11. The SMILES string of the molecule is CSc1ccc([C@@H](CC(=O)O)NC(=S)Nc2cccnc2Sc2ccc(Cl)cc2)cc1. The highest BCUT2D eigenvalue weighted by atomic mass is 35.5. The van der Waals surface area contributed by atoms with Gasteiger partial charge in [0.2, 0.25) is 0 Å². The van der Waals surface area contributed by atoms with Crippen molar-refractivity contribution in [2.45, 2.75) is 27.3 Å². The lowest BCUT2D eigenvalue weighted by molar-refractivity contribution is -0.137. The second-order valence-electron chi connectivity index (χ2n) is 6.43. The molecule has 3 aromatic rings. The van der Waals surface area contributed by atoms with Gasteiger partial charge in [0, 0.05) is 21.0 Å². The summed E-state index contributed by atoms with van der Waals surface area (Å²) >= 11 is 14.6. The number of rotatable bonds is 8. The van der Waals surface area contributed by atoms with Crippen molar-refractivity contribution < 1.29 is 9.90 Å². The van der Waals surface area contributed by atoms with E-state index in [1.165, 1.54) is 11.8 Å². The quantitative estimate of drug-likeness (QED) is 0.258. The molecule has 1 aromatic heterocycles. The zero-order valence-electron chi connectivity index (χ0n) is 16.5. The van der Waals surface area contributed by atoms with Crippen LogP contribution in [0.5, 0.6) is 0 Å². The summed E-state index contributed by atoms with van der Waals surface area (Å²) in [6.45, 7) is 0. The van der Waals surface area contributed by atoms with Gasteiger partial charge in [0.1, 0.15) is 5.03 Å². The molecule has 160 valence electrons. The van der Waals surface area contributed by atoms with E-state index in [1.54, 1.807) is 18.0 Å². The highest BCUT2D eigenvalue weighted by Crippen LogP contribution is 2.32. The number of hydrogen-bond donors (Lipinski definition) is 3. The lowest BCUT2D eigenvalue weighted by Gasteiger charge is -2.21. The molecule has 1 heterocycles. The number of hydrogen-bond acceptors (Lipinski definition) is 5. The molecule has 0 bridgehead atoms. The van der Waals surface area contributed by atoms with Gasteiger partial charge in [0.25, 0.3) is 0 Å². The van der Waals surface area contributed by atoms with Gasteiger partial charge in [0.15, 0.2) is 5.11 Å². The second kappa shape index (κ2) is 11.4. The molecule has 31 heavy (non-hydrogen) atoms. The van der Waals surface area contributed by atoms with Crippen molar-refractivity contribution in [3.8, 4) is 0 Å². The molecule has 0 saturated carbocycles. The van der Waals surface area contributed by atoms with Gasteiger partial charge in [-0.2, -0.15) is 0 Å². The number of thioether (sulfide) groups is 1. The van der Waals surface area contributed by atoms with E-state index in [9.17, 15) is 9.90 Å². The lowest BCUT2D eigenvalue weighted by Crippen LogP contribution is -2.33. The maximum Gasteiger partial charge on any atom is 0.305 e. The maximum absolute atomic E-state index is 11.4. The molecule has 0 saturated heterocycles. The minimum absolute atomic E-state index is 0.0974. The first-order valence-corrected chi connectivity index (χ1v) is 12.1. The van der Waals surface area contributed by atoms with Gasteiger partial charge in [-0.15, -0.1) is 11.8 Å². The fourth-order valence-electron chi connectivity index (χ4n) is 2.76. The number of anilines is 1. The van der Waals surface area contributed by atoms with E-state index in [1.807, 2.05) is 66.9 Å². The summed E-state index contributed by atoms with van der Waals surface area (Å²) in [4.78, 5) is 17.9. The molecule has 0 fully saturated rings. The van der Waals surface area contributed by atoms with E-state index in [-0.39, 0.29) is 6.42 Å². The first kappa shape index (κ1) is 23.4. The average molecular weight is 490 g/mol. The van der Waals surface area contributed by atoms with Gasteiger partial charge >= 0.3 is 5.97 Å². The van der Waals surface area contributed by atoms with Crippen molar-refractivity contribution in [2.24, 2.45) is 0 Å². The van der Waals surface area contributed by atoms with Crippen LogP contribution >= 0.6 is 47.3 Å². The largest absolute Gasteiger partial charge is 0.481 e. The Morgan fingerprint density at radius 2 is 1.81 bits per heavy atom. The topological polar surface area (TPSA) is 74.2 Å². The summed E-state index contributed by atoms with van der Waals surface area (Å²) in [6, 6.07) is 18.5. The predicted molar refractivity (Wildman–Crippen MR) is 132 cm³/mol. The van der Waals surface area contributed by atoms with Crippen LogP contribution < -0.4 is 10.6 Å². The van der Waals surface area contributed by atoms with Crippen LogP contribution in [0.4, 0.5) is 5.69 Å². The number of benzene rings is 2. The third-order valence-electron chi connectivity index (χ3n) is 4.25. The van der Waals surface area contributed by atoms with Crippen LogP contribution in [0.1, 0.15) is 18.0 Å². The highest BCUT2D eigenvalue weighted by molar-refractivity contribution is 7.99. The Morgan fingerprint density at radius 1 is 1.13 bits per heavy atom. The minimum atomic E-state index is -0.908. The average Bonchev–Trinajstić information content (AvgIpc) is 2.76. The van der Waals surface area contributed by atoms with E-state index in [0.717, 1.165) is 26.1 Å². The number of carboxylic acid groups (broad SMARTS) is 1. The van der Waals surface area contributed by atoms with Crippen LogP contribution in [-0.2, 0) is 4.79 Å². The van der Waals surface area contributed by atoms with E-state index in [2.05, 4.69) is 15.6 Å². The molecule has 2 aromatic carbocycles. The molecule has 5 nitrogen and oxygen atoms in total. The molecule has 0 unspecified atom stereocenters. The summed E-state index contributed by atoms with van der Waals surface area (Å²) < 4.78 is 0. The molecule has 3 N–H and O–H groups in total. The number of carboxylic acids is 1. The van der Waals surface area contributed by atoms with E-state index < -0.39 is 12.0 Å². The molecule has 0 spiro atoms. The molecule has 1 atom stereocenters. The molecular formula is C22H20ClN3O2S3. The van der Waals surface area contributed by atoms with Gasteiger partial charge < -0.3 is 15.7 Å². The Balaban J connectivity index is 1.73. The summed E-state index contributed by atoms with van der Waals surface area (Å²) in [7, 11) is 0. The number of carbonyl (C=O) groups is 1. The molecule has 0 amide bonds. The number of thiocarbonyl (C=S) groups is 1. The van der Waals surface area contributed by atoms with E-state index >= 15 is 0 Å². The Bertz CT molecular complexity index is 1050. The number of nitrogens with zero attached hydrogens (tertiary/aromatic N) is 1. The summed E-state index contributed by atoms with van der Waals surface area (Å²) in [6.07, 6.45) is 3.61. The molecule has 9 heteroatoms. The number of pyridine rings is 1. The van der Waals surface area contributed by atoms with E-state index in [0.29, 0.717) is 10.1 Å². The zero-order valence-corrected chi connectivity index (χ0v) is 19.7.